The Balaban J connectivity index is 2.47. The first kappa shape index (κ1) is 13.9. The minimum atomic E-state index is -0.993. The second-order valence-corrected chi connectivity index (χ2v) is 4.66. The van der Waals surface area contributed by atoms with E-state index in [9.17, 15) is 13.2 Å². The van der Waals surface area contributed by atoms with Gasteiger partial charge in [0.25, 0.3) is 0 Å². The minimum absolute atomic E-state index is 0.00535. The molecule has 0 saturated heterocycles. The zero-order chi connectivity index (χ0) is 14.2. The summed E-state index contributed by atoms with van der Waals surface area (Å²) in [5, 5.41) is -0.110. The van der Waals surface area contributed by atoms with Crippen LogP contribution in [0.5, 0.6) is 0 Å². The highest BCUT2D eigenvalue weighted by Gasteiger charge is 2.18. The van der Waals surface area contributed by atoms with Crippen molar-refractivity contribution in [3.63, 3.8) is 0 Å². The first-order chi connectivity index (χ1) is 8.91. The van der Waals surface area contributed by atoms with Crippen LogP contribution in [-0.4, -0.2) is 0 Å². The molecule has 0 amide bonds. The summed E-state index contributed by atoms with van der Waals surface area (Å²) < 4.78 is 40.4. The Bertz CT molecular complexity index is 628. The molecule has 5 heteroatoms. The second kappa shape index (κ2) is 5.23. The van der Waals surface area contributed by atoms with E-state index in [1.807, 2.05) is 0 Å². The third kappa shape index (κ3) is 2.60. The molecule has 1 unspecified atom stereocenters. The van der Waals surface area contributed by atoms with Gasteiger partial charge in [-0.15, -0.1) is 0 Å². The lowest BCUT2D eigenvalue weighted by molar-refractivity contribution is 0.489. The zero-order valence-corrected chi connectivity index (χ0v) is 10.8. The van der Waals surface area contributed by atoms with Gasteiger partial charge in [-0.05, 0) is 30.2 Å². The molecule has 0 aliphatic rings. The molecule has 2 aromatic rings. The van der Waals surface area contributed by atoms with Crippen molar-refractivity contribution in [3.8, 4) is 0 Å². The van der Waals surface area contributed by atoms with Crippen molar-refractivity contribution in [2.45, 2.75) is 13.0 Å². The quantitative estimate of drug-likeness (QED) is 0.883. The van der Waals surface area contributed by atoms with Crippen LogP contribution in [0.1, 0.15) is 22.7 Å². The van der Waals surface area contributed by atoms with E-state index in [-0.39, 0.29) is 16.1 Å². The average Bonchev–Trinajstić information content (AvgIpc) is 2.39. The highest BCUT2D eigenvalue weighted by atomic mass is 35.5. The lowest BCUT2D eigenvalue weighted by atomic mass is 9.98. The van der Waals surface area contributed by atoms with Gasteiger partial charge in [0, 0.05) is 5.56 Å². The van der Waals surface area contributed by atoms with Crippen LogP contribution >= 0.6 is 11.6 Å². The Morgan fingerprint density at radius 2 is 1.74 bits per heavy atom. The van der Waals surface area contributed by atoms with Gasteiger partial charge in [0.2, 0.25) is 0 Å². The summed E-state index contributed by atoms with van der Waals surface area (Å²) in [5.41, 5.74) is 6.48. The van der Waals surface area contributed by atoms with Gasteiger partial charge < -0.3 is 5.73 Å². The molecule has 0 spiro atoms. The predicted octanol–water partition coefficient (Wildman–Crippen LogP) is 4.11. The number of nitrogens with two attached hydrogens (primary N) is 1. The summed E-state index contributed by atoms with van der Waals surface area (Å²) in [7, 11) is 0. The molecule has 0 heterocycles. The standard InChI is InChI=1S/C14H11ClF3N/c1-7-2-4-9(13(18)12(7)17)14(19)8-3-5-11(16)10(15)6-8/h2-6,14H,19H2,1H3. The number of halogens is 4. The maximum absolute atomic E-state index is 13.8. The molecule has 0 fully saturated rings. The van der Waals surface area contributed by atoms with Gasteiger partial charge in [-0.2, -0.15) is 0 Å². The van der Waals surface area contributed by atoms with E-state index in [0.29, 0.717) is 5.56 Å². The largest absolute Gasteiger partial charge is 0.320 e. The maximum Gasteiger partial charge on any atom is 0.164 e. The molecular formula is C14H11ClF3N. The Kier molecular flexibility index (Phi) is 3.83. The highest BCUT2D eigenvalue weighted by Crippen LogP contribution is 2.27. The monoisotopic (exact) mass is 285 g/mol. The van der Waals surface area contributed by atoms with Crippen molar-refractivity contribution in [3.05, 3.63) is 69.5 Å². The maximum atomic E-state index is 13.8. The molecule has 19 heavy (non-hydrogen) atoms. The SMILES string of the molecule is Cc1ccc(C(N)c2ccc(F)c(Cl)c2)c(F)c1F. The molecule has 0 radical (unpaired) electrons. The van der Waals surface area contributed by atoms with Crippen LogP contribution in [0.15, 0.2) is 30.3 Å². The van der Waals surface area contributed by atoms with E-state index in [1.165, 1.54) is 31.2 Å². The zero-order valence-electron chi connectivity index (χ0n) is 10.1. The molecule has 0 aliphatic heterocycles. The molecule has 0 aliphatic carbocycles. The van der Waals surface area contributed by atoms with Crippen LogP contribution in [0.4, 0.5) is 13.2 Å². The van der Waals surface area contributed by atoms with Gasteiger partial charge in [0.15, 0.2) is 11.6 Å². The molecular weight excluding hydrogens is 275 g/mol. The van der Waals surface area contributed by atoms with Crippen molar-refractivity contribution in [1.82, 2.24) is 0 Å². The smallest absolute Gasteiger partial charge is 0.164 e. The van der Waals surface area contributed by atoms with Crippen molar-refractivity contribution >= 4 is 11.6 Å². The first-order valence-electron chi connectivity index (χ1n) is 5.57. The fraction of sp³-hybridized carbons (Fsp3) is 0.143. The fourth-order valence-corrected chi connectivity index (χ4v) is 1.98. The Morgan fingerprint density at radius 1 is 1.05 bits per heavy atom. The highest BCUT2D eigenvalue weighted by molar-refractivity contribution is 6.30. The lowest BCUT2D eigenvalue weighted by Gasteiger charge is -2.15. The molecule has 2 N–H and O–H groups in total. The predicted molar refractivity (Wildman–Crippen MR) is 68.5 cm³/mol. The van der Waals surface area contributed by atoms with Gasteiger partial charge in [0.1, 0.15) is 5.82 Å². The van der Waals surface area contributed by atoms with Crippen LogP contribution < -0.4 is 5.73 Å². The Hall–Kier alpha value is -1.52. The van der Waals surface area contributed by atoms with Crippen molar-refractivity contribution in [1.29, 1.82) is 0 Å². The number of hydrogen-bond donors (Lipinski definition) is 1. The van der Waals surface area contributed by atoms with Gasteiger partial charge in [0.05, 0.1) is 11.1 Å². The summed E-state index contributed by atoms with van der Waals surface area (Å²) in [4.78, 5) is 0. The third-order valence-corrected chi connectivity index (χ3v) is 3.23. The Morgan fingerprint density at radius 3 is 2.37 bits per heavy atom. The van der Waals surface area contributed by atoms with E-state index >= 15 is 0 Å². The number of rotatable bonds is 2. The van der Waals surface area contributed by atoms with Crippen LogP contribution in [-0.2, 0) is 0 Å². The molecule has 0 bridgehead atoms. The summed E-state index contributed by atoms with van der Waals surface area (Å²) >= 11 is 5.64. The van der Waals surface area contributed by atoms with E-state index < -0.39 is 23.5 Å². The van der Waals surface area contributed by atoms with Gasteiger partial charge in [-0.1, -0.05) is 29.8 Å². The molecule has 2 aromatic carbocycles. The molecule has 1 nitrogen and oxygen atoms in total. The van der Waals surface area contributed by atoms with Gasteiger partial charge >= 0.3 is 0 Å². The topological polar surface area (TPSA) is 26.0 Å². The number of aryl methyl sites for hydroxylation is 1. The summed E-state index contributed by atoms with van der Waals surface area (Å²) in [6, 6.07) is 5.78. The van der Waals surface area contributed by atoms with Crippen molar-refractivity contribution in [2.24, 2.45) is 5.73 Å². The Labute approximate surface area is 113 Å². The van der Waals surface area contributed by atoms with Crippen LogP contribution in [0.3, 0.4) is 0 Å². The third-order valence-electron chi connectivity index (χ3n) is 2.94. The molecule has 0 aromatic heterocycles. The summed E-state index contributed by atoms with van der Waals surface area (Å²) in [6.45, 7) is 1.46. The summed E-state index contributed by atoms with van der Waals surface area (Å²) in [6.07, 6.45) is 0. The fourth-order valence-electron chi connectivity index (χ4n) is 1.79. The molecule has 2 rings (SSSR count). The number of hydrogen-bond acceptors (Lipinski definition) is 1. The first-order valence-corrected chi connectivity index (χ1v) is 5.94. The van der Waals surface area contributed by atoms with Crippen LogP contribution in [0, 0.1) is 24.4 Å². The minimum Gasteiger partial charge on any atom is -0.320 e. The van der Waals surface area contributed by atoms with E-state index in [4.69, 9.17) is 17.3 Å². The van der Waals surface area contributed by atoms with Gasteiger partial charge in [-0.3, -0.25) is 0 Å². The molecule has 1 atom stereocenters. The van der Waals surface area contributed by atoms with E-state index in [1.54, 1.807) is 0 Å². The molecule has 100 valence electrons. The average molecular weight is 286 g/mol. The number of benzene rings is 2. The lowest BCUT2D eigenvalue weighted by Crippen LogP contribution is -2.15. The van der Waals surface area contributed by atoms with Crippen molar-refractivity contribution in [2.75, 3.05) is 0 Å². The van der Waals surface area contributed by atoms with Crippen LogP contribution in [0.25, 0.3) is 0 Å². The van der Waals surface area contributed by atoms with Crippen molar-refractivity contribution < 1.29 is 13.2 Å². The normalized spacial score (nSPS) is 12.5. The van der Waals surface area contributed by atoms with E-state index in [2.05, 4.69) is 0 Å². The van der Waals surface area contributed by atoms with Crippen LogP contribution in [0.2, 0.25) is 5.02 Å². The summed E-state index contributed by atoms with van der Waals surface area (Å²) in [5.74, 6) is -2.51. The van der Waals surface area contributed by atoms with Gasteiger partial charge in [-0.25, -0.2) is 13.2 Å². The van der Waals surface area contributed by atoms with E-state index in [0.717, 1.165) is 6.07 Å². The second-order valence-electron chi connectivity index (χ2n) is 4.25. The molecule has 0 saturated carbocycles.